The quantitative estimate of drug-likeness (QED) is 0.480. The number of nitriles is 1. The number of nitrogens with one attached hydrogen (secondary N) is 3. The van der Waals surface area contributed by atoms with E-state index in [4.69, 9.17) is 4.42 Å². The summed E-state index contributed by atoms with van der Waals surface area (Å²) >= 11 is 1.11. The van der Waals surface area contributed by atoms with Crippen LogP contribution < -0.4 is 16.0 Å². The Hall–Kier alpha value is -3.65. The van der Waals surface area contributed by atoms with E-state index in [9.17, 15) is 28.0 Å². The molecule has 0 saturated carbocycles. The molecule has 0 spiro atoms. The van der Waals surface area contributed by atoms with Crippen LogP contribution in [-0.4, -0.2) is 23.1 Å². The molecule has 1 aromatic carbocycles. The van der Waals surface area contributed by atoms with Crippen LogP contribution >= 0.6 is 11.8 Å². The molecule has 11 heteroatoms. The summed E-state index contributed by atoms with van der Waals surface area (Å²) in [5.74, 6) is -1.52. The molecule has 190 valence electrons. The Labute approximate surface area is 210 Å². The van der Waals surface area contributed by atoms with Gasteiger partial charge in [-0.1, -0.05) is 17.8 Å². The predicted molar refractivity (Wildman–Crippen MR) is 130 cm³/mol. The number of carbonyl (C=O) groups is 2. The number of hydrogen-bond donors (Lipinski definition) is 3. The molecule has 7 nitrogen and oxygen atoms in total. The van der Waals surface area contributed by atoms with Crippen LogP contribution in [0.3, 0.4) is 0 Å². The summed E-state index contributed by atoms with van der Waals surface area (Å²) in [6, 6.07) is 9.59. The molecule has 0 aliphatic carbocycles. The Morgan fingerprint density at radius 2 is 1.92 bits per heavy atom. The molecule has 0 unspecified atom stereocenters. The summed E-state index contributed by atoms with van der Waals surface area (Å²) in [6.45, 7) is 7.16. The van der Waals surface area contributed by atoms with Gasteiger partial charge in [-0.05, 0) is 58.0 Å². The number of thioether (sulfide) groups is 1. The normalized spacial score (nSPS) is 16.3. The highest BCUT2D eigenvalue weighted by atomic mass is 32.2. The second kappa shape index (κ2) is 10.5. The van der Waals surface area contributed by atoms with Gasteiger partial charge in [-0.15, -0.1) is 0 Å². The smallest absolute Gasteiger partial charge is 0.416 e. The maximum absolute atomic E-state index is 13.3. The van der Waals surface area contributed by atoms with Gasteiger partial charge in [0, 0.05) is 16.9 Å². The maximum atomic E-state index is 13.3. The highest BCUT2D eigenvalue weighted by molar-refractivity contribution is 8.03. The molecule has 2 heterocycles. The Balaban J connectivity index is 1.93. The highest BCUT2D eigenvalue weighted by Crippen LogP contribution is 2.41. The Kier molecular flexibility index (Phi) is 7.89. The lowest BCUT2D eigenvalue weighted by molar-refractivity contribution is -0.137. The van der Waals surface area contributed by atoms with Crippen molar-refractivity contribution >= 4 is 29.3 Å². The van der Waals surface area contributed by atoms with Crippen LogP contribution in [0, 0.1) is 11.3 Å². The van der Waals surface area contributed by atoms with Gasteiger partial charge in [-0.2, -0.15) is 18.4 Å². The van der Waals surface area contributed by atoms with Gasteiger partial charge in [0.15, 0.2) is 0 Å². The number of rotatable bonds is 6. The number of carbonyl (C=O) groups excluding carboxylic acids is 2. The number of halogens is 3. The molecule has 0 fully saturated rings. The molecule has 1 aliphatic heterocycles. The van der Waals surface area contributed by atoms with E-state index in [1.54, 1.807) is 19.1 Å². The molecule has 1 aromatic heterocycles. The van der Waals surface area contributed by atoms with E-state index in [1.807, 2.05) is 20.8 Å². The van der Waals surface area contributed by atoms with E-state index in [1.165, 1.54) is 18.4 Å². The zero-order valence-corrected chi connectivity index (χ0v) is 20.9. The molecular formula is C25H25F3N4O3S. The first-order valence-electron chi connectivity index (χ1n) is 10.9. The third-order valence-corrected chi connectivity index (χ3v) is 6.05. The average Bonchev–Trinajstić information content (AvgIpc) is 3.30. The largest absolute Gasteiger partial charge is 0.468 e. The van der Waals surface area contributed by atoms with Gasteiger partial charge in [0.25, 0.3) is 5.91 Å². The summed E-state index contributed by atoms with van der Waals surface area (Å²) in [5.41, 5.74) is -0.736. The van der Waals surface area contributed by atoms with Crippen molar-refractivity contribution in [2.75, 3.05) is 11.1 Å². The molecule has 2 aromatic rings. The molecule has 2 amide bonds. The molecule has 1 aliphatic rings. The van der Waals surface area contributed by atoms with Gasteiger partial charge < -0.3 is 20.4 Å². The molecular weight excluding hydrogens is 493 g/mol. The van der Waals surface area contributed by atoms with Crippen molar-refractivity contribution in [2.24, 2.45) is 0 Å². The number of amides is 2. The minimum Gasteiger partial charge on any atom is -0.468 e. The third kappa shape index (κ3) is 6.51. The van der Waals surface area contributed by atoms with Crippen LogP contribution in [0.2, 0.25) is 0 Å². The van der Waals surface area contributed by atoms with Gasteiger partial charge in [0.2, 0.25) is 5.91 Å². The Morgan fingerprint density at radius 1 is 1.19 bits per heavy atom. The number of allylic oxidation sites excluding steroid dienone is 2. The van der Waals surface area contributed by atoms with Crippen molar-refractivity contribution in [3.05, 3.63) is 75.9 Å². The zero-order chi connectivity index (χ0) is 26.7. The zero-order valence-electron chi connectivity index (χ0n) is 20.0. The number of benzene rings is 1. The predicted octanol–water partition coefficient (Wildman–Crippen LogP) is 5.28. The van der Waals surface area contributed by atoms with Crippen molar-refractivity contribution in [3.63, 3.8) is 0 Å². The number of anilines is 1. The number of hydrogen-bond acceptors (Lipinski definition) is 6. The molecule has 0 bridgehead atoms. The second-order valence-corrected chi connectivity index (χ2v) is 10.1. The lowest BCUT2D eigenvalue weighted by Gasteiger charge is -2.28. The van der Waals surface area contributed by atoms with E-state index in [2.05, 4.69) is 22.0 Å². The van der Waals surface area contributed by atoms with Crippen molar-refractivity contribution in [2.45, 2.75) is 45.3 Å². The fraction of sp³-hybridized carbons (Fsp3) is 0.320. The van der Waals surface area contributed by atoms with Gasteiger partial charge in [-0.3, -0.25) is 9.59 Å². The SMILES string of the molecule is CC1=C(C(=O)Nc2cccc(C(F)(F)F)c2)[C@@H](c2ccco2)C(C#N)=C(SCC(=O)NC(C)(C)C)N1. The van der Waals surface area contributed by atoms with Crippen LogP contribution in [-0.2, 0) is 15.8 Å². The maximum Gasteiger partial charge on any atom is 0.416 e. The van der Waals surface area contributed by atoms with Crippen LogP contribution in [0.15, 0.2) is 69.0 Å². The van der Waals surface area contributed by atoms with E-state index >= 15 is 0 Å². The lowest BCUT2D eigenvalue weighted by Crippen LogP contribution is -2.41. The summed E-state index contributed by atoms with van der Waals surface area (Å²) < 4.78 is 44.9. The standard InChI is InChI=1S/C25H25F3N4O3S/c1-14-20(22(34)31-16-8-5-7-15(11-16)25(26,27)28)21(18-9-6-10-35-18)17(12-29)23(30-14)36-13-19(33)32-24(2,3)4/h5-11,21,30H,13H2,1-4H3,(H,31,34)(H,32,33)/t21-/m1/s1. The van der Waals surface area contributed by atoms with Gasteiger partial charge >= 0.3 is 6.18 Å². The lowest BCUT2D eigenvalue weighted by atomic mass is 9.85. The van der Waals surface area contributed by atoms with E-state index in [-0.39, 0.29) is 28.5 Å². The highest BCUT2D eigenvalue weighted by Gasteiger charge is 2.37. The molecule has 3 N–H and O–H groups in total. The molecule has 0 saturated heterocycles. The van der Waals surface area contributed by atoms with Crippen molar-refractivity contribution in [1.82, 2.24) is 10.6 Å². The first kappa shape index (κ1) is 26.9. The third-order valence-electron chi connectivity index (χ3n) is 5.03. The fourth-order valence-corrected chi connectivity index (χ4v) is 4.52. The Bertz CT molecular complexity index is 1250. The number of alkyl halides is 3. The van der Waals surface area contributed by atoms with Gasteiger partial charge in [0.1, 0.15) is 5.76 Å². The number of dihydropyridines is 1. The number of furan rings is 1. The summed E-state index contributed by atoms with van der Waals surface area (Å²) in [5, 5.41) is 18.7. The Morgan fingerprint density at radius 3 is 2.50 bits per heavy atom. The van der Waals surface area contributed by atoms with Gasteiger partial charge in [0.05, 0.1) is 45.7 Å². The van der Waals surface area contributed by atoms with Crippen molar-refractivity contribution in [1.29, 1.82) is 5.26 Å². The van der Waals surface area contributed by atoms with Crippen LogP contribution in [0.25, 0.3) is 0 Å². The molecule has 36 heavy (non-hydrogen) atoms. The monoisotopic (exact) mass is 518 g/mol. The van der Waals surface area contributed by atoms with Crippen LogP contribution in [0.4, 0.5) is 18.9 Å². The minimum atomic E-state index is -4.57. The van der Waals surface area contributed by atoms with Crippen LogP contribution in [0.5, 0.6) is 0 Å². The van der Waals surface area contributed by atoms with Gasteiger partial charge in [-0.25, -0.2) is 0 Å². The first-order chi connectivity index (χ1) is 16.8. The molecule has 3 rings (SSSR count). The minimum absolute atomic E-state index is 0.0225. The summed E-state index contributed by atoms with van der Waals surface area (Å²) in [6.07, 6.45) is -3.17. The first-order valence-corrected chi connectivity index (χ1v) is 11.9. The summed E-state index contributed by atoms with van der Waals surface area (Å²) in [4.78, 5) is 25.6. The summed E-state index contributed by atoms with van der Waals surface area (Å²) in [7, 11) is 0. The topological polar surface area (TPSA) is 107 Å². The van der Waals surface area contributed by atoms with Crippen LogP contribution in [0.1, 0.15) is 44.9 Å². The van der Waals surface area contributed by atoms with Crippen molar-refractivity contribution in [3.8, 4) is 6.07 Å². The van der Waals surface area contributed by atoms with E-state index in [0.29, 0.717) is 16.5 Å². The molecule has 0 radical (unpaired) electrons. The van der Waals surface area contributed by atoms with Crippen molar-refractivity contribution < 1.29 is 27.2 Å². The molecule has 1 atom stereocenters. The fourth-order valence-electron chi connectivity index (χ4n) is 3.63. The van der Waals surface area contributed by atoms with E-state index in [0.717, 1.165) is 23.9 Å². The van der Waals surface area contributed by atoms with E-state index < -0.39 is 29.1 Å². The average molecular weight is 519 g/mol. The number of nitrogens with zero attached hydrogens (tertiary/aromatic N) is 1. The second-order valence-electron chi connectivity index (χ2n) is 9.09.